The van der Waals surface area contributed by atoms with E-state index in [0.717, 1.165) is 11.3 Å². The maximum absolute atomic E-state index is 12.4. The molecule has 5 nitrogen and oxygen atoms in total. The molecule has 1 aromatic heterocycles. The van der Waals surface area contributed by atoms with Gasteiger partial charge in [0.15, 0.2) is 5.16 Å². The Hall–Kier alpha value is -2.94. The molecule has 0 aliphatic carbocycles. The van der Waals surface area contributed by atoms with Crippen LogP contribution < -0.4 is 10.1 Å². The Morgan fingerprint density at radius 1 is 1.14 bits per heavy atom. The molecule has 1 N–H and O–H groups in total. The van der Waals surface area contributed by atoms with Crippen LogP contribution in [0, 0.1) is 0 Å². The molecular formula is C19H16F3N3O2S. The third-order valence-electron chi connectivity index (χ3n) is 3.74. The number of nitrogens with zero attached hydrogens (tertiary/aromatic N) is 2. The zero-order chi connectivity index (χ0) is 20.1. The molecule has 28 heavy (non-hydrogen) atoms. The molecule has 0 saturated carbocycles. The van der Waals surface area contributed by atoms with Crippen molar-refractivity contribution in [2.45, 2.75) is 11.5 Å². The molecule has 1 amide bonds. The molecule has 0 saturated heterocycles. The number of ether oxygens (including phenoxy) is 1. The van der Waals surface area contributed by atoms with Crippen LogP contribution in [-0.4, -0.2) is 34.6 Å². The molecule has 1 heterocycles. The summed E-state index contributed by atoms with van der Waals surface area (Å²) in [7, 11) is 1.55. The van der Waals surface area contributed by atoms with Gasteiger partial charge < -0.3 is 10.1 Å². The van der Waals surface area contributed by atoms with Crippen LogP contribution in [0.1, 0.15) is 0 Å². The van der Waals surface area contributed by atoms with Gasteiger partial charge in [0.25, 0.3) is 0 Å². The maximum atomic E-state index is 12.4. The third-order valence-corrected chi connectivity index (χ3v) is 4.69. The van der Waals surface area contributed by atoms with Gasteiger partial charge in [0.2, 0.25) is 5.91 Å². The fourth-order valence-corrected chi connectivity index (χ4v) is 3.36. The molecule has 0 aliphatic rings. The average Bonchev–Trinajstić information content (AvgIpc) is 3.10. The van der Waals surface area contributed by atoms with Crippen molar-refractivity contribution in [3.63, 3.8) is 0 Å². The maximum Gasteiger partial charge on any atom is 0.573 e. The lowest BCUT2D eigenvalue weighted by Gasteiger charge is -2.13. The first-order chi connectivity index (χ1) is 13.4. The Morgan fingerprint density at radius 2 is 1.82 bits per heavy atom. The van der Waals surface area contributed by atoms with Crippen molar-refractivity contribution in [3.8, 4) is 22.7 Å². The second kappa shape index (κ2) is 8.39. The fourth-order valence-electron chi connectivity index (χ4n) is 2.50. The van der Waals surface area contributed by atoms with E-state index in [1.54, 1.807) is 17.8 Å². The smallest absolute Gasteiger partial charge is 0.406 e. The van der Waals surface area contributed by atoms with Gasteiger partial charge in [-0.2, -0.15) is 0 Å². The van der Waals surface area contributed by atoms with Crippen molar-refractivity contribution in [3.05, 3.63) is 60.8 Å². The van der Waals surface area contributed by atoms with Gasteiger partial charge in [-0.05, 0) is 24.3 Å². The summed E-state index contributed by atoms with van der Waals surface area (Å²) in [4.78, 5) is 16.0. The molecular weight excluding hydrogens is 391 g/mol. The van der Waals surface area contributed by atoms with E-state index < -0.39 is 6.36 Å². The Labute approximate surface area is 163 Å². The first kappa shape index (κ1) is 19.8. The van der Waals surface area contributed by atoms with Crippen molar-refractivity contribution in [1.29, 1.82) is 0 Å². The summed E-state index contributed by atoms with van der Waals surface area (Å²) in [5.41, 5.74) is 2.24. The van der Waals surface area contributed by atoms with Gasteiger partial charge in [-0.25, -0.2) is 4.98 Å². The van der Waals surface area contributed by atoms with Crippen molar-refractivity contribution in [2.24, 2.45) is 0 Å². The minimum Gasteiger partial charge on any atom is -0.406 e. The van der Waals surface area contributed by atoms with Crippen LogP contribution >= 0.6 is 11.8 Å². The van der Waals surface area contributed by atoms with Crippen LogP contribution in [0.3, 0.4) is 0 Å². The van der Waals surface area contributed by atoms with Crippen LogP contribution in [0.25, 0.3) is 16.9 Å². The topological polar surface area (TPSA) is 56.2 Å². The number of carbonyl (C=O) groups is 1. The highest BCUT2D eigenvalue weighted by molar-refractivity contribution is 7.99. The van der Waals surface area contributed by atoms with Gasteiger partial charge in [0.1, 0.15) is 5.75 Å². The summed E-state index contributed by atoms with van der Waals surface area (Å²) in [6, 6.07) is 15.0. The Morgan fingerprint density at radius 3 is 2.43 bits per heavy atom. The summed E-state index contributed by atoms with van der Waals surface area (Å²) >= 11 is 1.23. The Kier molecular flexibility index (Phi) is 5.93. The summed E-state index contributed by atoms with van der Waals surface area (Å²) < 4.78 is 42.9. The van der Waals surface area contributed by atoms with E-state index in [0.29, 0.717) is 10.8 Å². The second-order valence-corrected chi connectivity index (χ2v) is 6.57. The van der Waals surface area contributed by atoms with Crippen LogP contribution in [0.15, 0.2) is 66.0 Å². The van der Waals surface area contributed by atoms with Gasteiger partial charge in [0.05, 0.1) is 17.6 Å². The first-order valence-corrected chi connectivity index (χ1v) is 9.18. The minimum absolute atomic E-state index is 0.158. The largest absolute Gasteiger partial charge is 0.573 e. The van der Waals surface area contributed by atoms with Gasteiger partial charge in [0, 0.05) is 18.3 Å². The zero-order valence-corrected chi connectivity index (χ0v) is 15.6. The highest BCUT2D eigenvalue weighted by Crippen LogP contribution is 2.31. The van der Waals surface area contributed by atoms with E-state index in [-0.39, 0.29) is 17.4 Å². The Bertz CT molecular complexity index is 941. The number of halogens is 3. The van der Waals surface area contributed by atoms with Crippen LogP contribution in [0.5, 0.6) is 5.75 Å². The predicted molar refractivity (Wildman–Crippen MR) is 100 cm³/mol. The van der Waals surface area contributed by atoms with Gasteiger partial charge in [-0.15, -0.1) is 13.2 Å². The Balaban J connectivity index is 1.99. The number of aromatic nitrogens is 2. The molecule has 2 aromatic carbocycles. The van der Waals surface area contributed by atoms with Gasteiger partial charge in [-0.3, -0.25) is 9.36 Å². The molecule has 0 aliphatic heterocycles. The zero-order valence-electron chi connectivity index (χ0n) is 14.7. The molecule has 0 spiro atoms. The molecule has 3 rings (SSSR count). The molecule has 0 fully saturated rings. The normalized spacial score (nSPS) is 11.3. The van der Waals surface area contributed by atoms with E-state index >= 15 is 0 Å². The van der Waals surface area contributed by atoms with Crippen LogP contribution in [0.4, 0.5) is 13.2 Å². The van der Waals surface area contributed by atoms with Crippen molar-refractivity contribution in [1.82, 2.24) is 14.9 Å². The number of rotatable bonds is 6. The van der Waals surface area contributed by atoms with E-state index in [4.69, 9.17) is 0 Å². The van der Waals surface area contributed by atoms with Gasteiger partial charge in [-0.1, -0.05) is 42.1 Å². The molecule has 0 unspecified atom stereocenters. The molecule has 3 aromatic rings. The number of imidazole rings is 1. The van der Waals surface area contributed by atoms with Crippen molar-refractivity contribution < 1.29 is 22.7 Å². The van der Waals surface area contributed by atoms with E-state index in [9.17, 15) is 18.0 Å². The third kappa shape index (κ3) is 4.86. The fraction of sp³-hybridized carbons (Fsp3) is 0.158. The number of carbonyl (C=O) groups excluding carboxylic acids is 1. The van der Waals surface area contributed by atoms with Crippen LogP contribution in [0.2, 0.25) is 0 Å². The SMILES string of the molecule is CNC(=O)CSc1ncc(-c2ccccc2)n1-c1ccc(OC(F)(F)F)cc1. The highest BCUT2D eigenvalue weighted by Gasteiger charge is 2.31. The molecule has 0 bridgehead atoms. The monoisotopic (exact) mass is 407 g/mol. The summed E-state index contributed by atoms with van der Waals surface area (Å²) in [6.45, 7) is 0. The second-order valence-electron chi connectivity index (χ2n) is 5.63. The number of thioether (sulfide) groups is 1. The standard InChI is InChI=1S/C19H16F3N3O2S/c1-23-17(26)12-28-18-24-11-16(13-5-3-2-4-6-13)25(18)14-7-9-15(10-8-14)27-19(20,21)22/h2-11H,12H2,1H3,(H,23,26). The predicted octanol–water partition coefficient (Wildman–Crippen LogP) is 4.28. The van der Waals surface area contributed by atoms with Gasteiger partial charge >= 0.3 is 6.36 Å². The summed E-state index contributed by atoms with van der Waals surface area (Å²) in [5.74, 6) is -0.302. The summed E-state index contributed by atoms with van der Waals surface area (Å²) in [5, 5.41) is 3.09. The minimum atomic E-state index is -4.75. The first-order valence-electron chi connectivity index (χ1n) is 8.20. The highest BCUT2D eigenvalue weighted by atomic mass is 32.2. The lowest BCUT2D eigenvalue weighted by atomic mass is 10.1. The number of benzene rings is 2. The quantitative estimate of drug-likeness (QED) is 0.620. The number of nitrogens with one attached hydrogen (secondary N) is 1. The van der Waals surface area contributed by atoms with Crippen molar-refractivity contribution >= 4 is 17.7 Å². The molecule has 0 radical (unpaired) electrons. The molecule has 9 heteroatoms. The lowest BCUT2D eigenvalue weighted by molar-refractivity contribution is -0.274. The van der Waals surface area contributed by atoms with E-state index in [1.807, 2.05) is 30.3 Å². The van der Waals surface area contributed by atoms with E-state index in [2.05, 4.69) is 15.0 Å². The lowest BCUT2D eigenvalue weighted by Crippen LogP contribution is -2.20. The average molecular weight is 407 g/mol. The number of hydrogen-bond donors (Lipinski definition) is 1. The number of hydrogen-bond acceptors (Lipinski definition) is 4. The summed E-state index contributed by atoms with van der Waals surface area (Å²) in [6.07, 6.45) is -3.08. The number of alkyl halides is 3. The molecule has 146 valence electrons. The molecule has 0 atom stereocenters. The van der Waals surface area contributed by atoms with E-state index in [1.165, 1.54) is 36.0 Å². The van der Waals surface area contributed by atoms with Crippen LogP contribution in [-0.2, 0) is 4.79 Å². The van der Waals surface area contributed by atoms with Crippen molar-refractivity contribution in [2.75, 3.05) is 12.8 Å². The number of amides is 1.